The van der Waals surface area contributed by atoms with E-state index >= 15 is 0 Å². The predicted octanol–water partition coefficient (Wildman–Crippen LogP) is 5.55. The highest BCUT2D eigenvalue weighted by Gasteiger charge is 2.33. The number of halogens is 1. The topological polar surface area (TPSA) is 101 Å². The molecule has 0 amide bonds. The van der Waals surface area contributed by atoms with Crippen molar-refractivity contribution < 1.29 is 13.2 Å². The Morgan fingerprint density at radius 2 is 1.82 bits per heavy atom. The van der Waals surface area contributed by atoms with Gasteiger partial charge in [0.1, 0.15) is 5.75 Å². The summed E-state index contributed by atoms with van der Waals surface area (Å²) in [6.45, 7) is 1.64. The standard InChI is InChI=1S/C28H32ClN5O3S/c29-22-7-9-23(10-8-22)37-16-20-2-1-13-34(15-20)38(35,36)17-19-3-5-21(6-4-19)27-26-24-11-12-30-28(24)31-14-25(26)32-18-33-27/h7-12,14,18-21H,1-6,13,15-17H2,(H,32,33). The van der Waals surface area contributed by atoms with E-state index in [9.17, 15) is 8.42 Å². The summed E-state index contributed by atoms with van der Waals surface area (Å²) in [7, 11) is -3.32. The minimum Gasteiger partial charge on any atom is -0.493 e. The van der Waals surface area contributed by atoms with Gasteiger partial charge in [-0.1, -0.05) is 11.6 Å². The van der Waals surface area contributed by atoms with Gasteiger partial charge in [0.15, 0.2) is 5.65 Å². The molecule has 4 aromatic rings. The summed E-state index contributed by atoms with van der Waals surface area (Å²) in [6, 6.07) is 9.29. The van der Waals surface area contributed by atoms with E-state index in [2.05, 4.69) is 19.9 Å². The second-order valence-corrected chi connectivity index (χ2v) is 13.1. The molecule has 2 fully saturated rings. The summed E-state index contributed by atoms with van der Waals surface area (Å²) >= 11 is 5.95. The minimum absolute atomic E-state index is 0.178. The van der Waals surface area contributed by atoms with Gasteiger partial charge in [-0.15, -0.1) is 0 Å². The molecule has 3 aromatic heterocycles. The minimum atomic E-state index is -3.32. The quantitative estimate of drug-likeness (QED) is 0.322. The van der Waals surface area contributed by atoms with Gasteiger partial charge in [0, 0.05) is 46.7 Å². The molecule has 2 aliphatic rings. The maximum atomic E-state index is 13.4. The van der Waals surface area contributed by atoms with Crippen LogP contribution in [0.25, 0.3) is 21.9 Å². The third-order valence-electron chi connectivity index (χ3n) is 8.08. The third kappa shape index (κ3) is 5.37. The van der Waals surface area contributed by atoms with Gasteiger partial charge in [-0.25, -0.2) is 27.7 Å². The van der Waals surface area contributed by atoms with E-state index in [0.717, 1.165) is 71.9 Å². The first-order valence-electron chi connectivity index (χ1n) is 13.4. The Bertz CT molecular complexity index is 1520. The van der Waals surface area contributed by atoms with Crippen LogP contribution in [0.1, 0.15) is 50.1 Å². The van der Waals surface area contributed by atoms with Crippen molar-refractivity contribution in [2.45, 2.75) is 44.4 Å². The summed E-state index contributed by atoms with van der Waals surface area (Å²) in [5.74, 6) is 1.70. The second-order valence-electron chi connectivity index (χ2n) is 10.6. The first kappa shape index (κ1) is 25.5. The third-order valence-corrected chi connectivity index (χ3v) is 10.3. The molecule has 0 bridgehead atoms. The van der Waals surface area contributed by atoms with Crippen LogP contribution in [0, 0.1) is 11.8 Å². The summed E-state index contributed by atoms with van der Waals surface area (Å²) in [6.07, 6.45) is 10.8. The van der Waals surface area contributed by atoms with Crippen LogP contribution in [0.5, 0.6) is 5.75 Å². The number of sulfonamides is 1. The zero-order chi connectivity index (χ0) is 26.1. The molecule has 10 heteroatoms. The van der Waals surface area contributed by atoms with Gasteiger partial charge in [0.25, 0.3) is 0 Å². The average Bonchev–Trinajstić information content (AvgIpc) is 3.42. The number of pyridine rings is 1. The zero-order valence-corrected chi connectivity index (χ0v) is 22.8. The van der Waals surface area contributed by atoms with Crippen molar-refractivity contribution in [3.63, 3.8) is 0 Å². The molecule has 6 rings (SSSR count). The molecule has 1 aliphatic heterocycles. The van der Waals surface area contributed by atoms with Crippen LogP contribution >= 0.6 is 11.6 Å². The Morgan fingerprint density at radius 1 is 1.00 bits per heavy atom. The number of fused-ring (bicyclic) bond motifs is 3. The Hall–Kier alpha value is -2.75. The van der Waals surface area contributed by atoms with E-state index < -0.39 is 10.0 Å². The molecule has 4 heterocycles. The lowest BCUT2D eigenvalue weighted by atomic mass is 9.80. The second kappa shape index (κ2) is 10.8. The Labute approximate surface area is 227 Å². The molecule has 1 saturated carbocycles. The highest BCUT2D eigenvalue weighted by atomic mass is 35.5. The van der Waals surface area contributed by atoms with Crippen LogP contribution in [0.15, 0.2) is 49.1 Å². The lowest BCUT2D eigenvalue weighted by molar-refractivity contribution is 0.179. The van der Waals surface area contributed by atoms with Crippen LogP contribution in [-0.2, 0) is 10.0 Å². The van der Waals surface area contributed by atoms with Crippen LogP contribution in [0.4, 0.5) is 0 Å². The summed E-state index contributed by atoms with van der Waals surface area (Å²) in [4.78, 5) is 16.6. The SMILES string of the molecule is O=S(=O)(CC1CCC(c2[nH]cnc3cnc4nccc4c23)CC1)N1CCCC(COc2ccc(Cl)cc2)C1. The molecule has 1 atom stereocenters. The Kier molecular flexibility index (Phi) is 7.24. The van der Waals surface area contributed by atoms with Gasteiger partial charge < -0.3 is 9.72 Å². The highest BCUT2D eigenvalue weighted by Crippen LogP contribution is 2.39. The number of aromatic nitrogens is 4. The molecule has 1 aromatic carbocycles. The maximum absolute atomic E-state index is 13.4. The van der Waals surface area contributed by atoms with Gasteiger partial charge in [-0.2, -0.15) is 0 Å². The molecule has 0 radical (unpaired) electrons. The first-order valence-corrected chi connectivity index (χ1v) is 15.4. The van der Waals surface area contributed by atoms with Gasteiger partial charge in [-0.05, 0) is 80.7 Å². The van der Waals surface area contributed by atoms with E-state index in [-0.39, 0.29) is 17.6 Å². The van der Waals surface area contributed by atoms with E-state index in [1.807, 2.05) is 18.2 Å². The van der Waals surface area contributed by atoms with Crippen molar-refractivity contribution in [1.82, 2.24) is 24.2 Å². The number of benzene rings is 1. The van der Waals surface area contributed by atoms with Crippen molar-refractivity contribution in [3.05, 3.63) is 59.8 Å². The number of hydrogen-bond acceptors (Lipinski definition) is 6. The van der Waals surface area contributed by atoms with E-state index in [1.54, 1.807) is 35.2 Å². The molecule has 1 unspecified atom stereocenters. The number of hydrogen-bond donors (Lipinski definition) is 1. The average molecular weight is 554 g/mol. The highest BCUT2D eigenvalue weighted by molar-refractivity contribution is 7.89. The fraction of sp³-hybridized carbons (Fsp3) is 0.464. The molecule has 8 nitrogen and oxygen atoms in total. The zero-order valence-electron chi connectivity index (χ0n) is 21.2. The molecule has 0 spiro atoms. The number of nitrogens with zero attached hydrogens (tertiary/aromatic N) is 4. The molecule has 200 valence electrons. The van der Waals surface area contributed by atoms with Crippen molar-refractivity contribution in [2.24, 2.45) is 11.8 Å². The van der Waals surface area contributed by atoms with E-state index in [4.69, 9.17) is 16.3 Å². The van der Waals surface area contributed by atoms with E-state index in [0.29, 0.717) is 30.6 Å². The number of H-pyrrole nitrogens is 1. The molecule has 38 heavy (non-hydrogen) atoms. The Morgan fingerprint density at radius 3 is 2.63 bits per heavy atom. The fourth-order valence-corrected chi connectivity index (χ4v) is 8.19. The molecule has 1 N–H and O–H groups in total. The van der Waals surface area contributed by atoms with Crippen LogP contribution in [-0.4, -0.2) is 58.1 Å². The molecular weight excluding hydrogens is 522 g/mol. The van der Waals surface area contributed by atoms with Crippen LogP contribution in [0.3, 0.4) is 0 Å². The monoisotopic (exact) mass is 553 g/mol. The summed E-state index contributed by atoms with van der Waals surface area (Å²) in [5, 5.41) is 2.78. The van der Waals surface area contributed by atoms with Gasteiger partial charge in [-0.3, -0.25) is 0 Å². The van der Waals surface area contributed by atoms with Crippen molar-refractivity contribution in [1.29, 1.82) is 0 Å². The number of ether oxygens (including phenoxy) is 1. The Balaban J connectivity index is 1.07. The van der Waals surface area contributed by atoms with Gasteiger partial charge >= 0.3 is 0 Å². The molecule has 1 aliphatic carbocycles. The number of nitrogens with one attached hydrogen (secondary N) is 1. The summed E-state index contributed by atoms with van der Waals surface area (Å²) in [5.41, 5.74) is 2.76. The molecular formula is C28H32ClN5O3S. The number of rotatable bonds is 7. The predicted molar refractivity (Wildman–Crippen MR) is 149 cm³/mol. The summed E-state index contributed by atoms with van der Waals surface area (Å²) < 4.78 is 34.4. The van der Waals surface area contributed by atoms with Crippen LogP contribution < -0.4 is 4.74 Å². The number of aromatic amines is 1. The molecule has 1 saturated heterocycles. The van der Waals surface area contributed by atoms with E-state index in [1.165, 1.54) is 0 Å². The largest absolute Gasteiger partial charge is 0.493 e. The smallest absolute Gasteiger partial charge is 0.214 e. The van der Waals surface area contributed by atoms with Gasteiger partial charge in [0.2, 0.25) is 10.0 Å². The maximum Gasteiger partial charge on any atom is 0.214 e. The van der Waals surface area contributed by atoms with Crippen molar-refractivity contribution in [2.75, 3.05) is 25.4 Å². The van der Waals surface area contributed by atoms with Crippen molar-refractivity contribution >= 4 is 43.6 Å². The normalized spacial score (nSPS) is 23.1. The lowest BCUT2D eigenvalue weighted by Gasteiger charge is -2.34. The lowest BCUT2D eigenvalue weighted by Crippen LogP contribution is -2.43. The number of piperidine rings is 1. The van der Waals surface area contributed by atoms with Crippen LogP contribution in [0.2, 0.25) is 5.02 Å². The van der Waals surface area contributed by atoms with Crippen molar-refractivity contribution in [3.8, 4) is 5.75 Å². The fourth-order valence-electron chi connectivity index (χ4n) is 6.08. The van der Waals surface area contributed by atoms with Gasteiger partial charge in [0.05, 0.1) is 30.4 Å². The first-order chi connectivity index (χ1) is 18.5.